The van der Waals surface area contributed by atoms with E-state index in [2.05, 4.69) is 15.9 Å². The van der Waals surface area contributed by atoms with E-state index in [1.807, 2.05) is 24.3 Å². The number of aryl methyl sites for hydroxylation is 1. The topological polar surface area (TPSA) is 17.1 Å². The number of hydrogen-bond donors (Lipinski definition) is 0. The highest BCUT2D eigenvalue weighted by Crippen LogP contribution is 2.38. The zero-order valence-electron chi connectivity index (χ0n) is 6.89. The quantitative estimate of drug-likeness (QED) is 0.654. The number of alkyl halides is 2. The third kappa shape index (κ3) is 1.53. The van der Waals surface area contributed by atoms with E-state index in [-0.39, 0.29) is 5.78 Å². The molecule has 1 aromatic carbocycles. The highest BCUT2D eigenvalue weighted by molar-refractivity contribution is 9.10. The predicted molar refractivity (Wildman–Crippen MR) is 56.6 cm³/mol. The first-order valence-electron chi connectivity index (χ1n) is 4.12. The highest BCUT2D eigenvalue weighted by Gasteiger charge is 2.37. The minimum Gasteiger partial charge on any atom is -0.291 e. The molecule has 0 bridgehead atoms. The normalized spacial score (nSPS) is 27.1. The Labute approximate surface area is 90.2 Å². The molecule has 3 heteroatoms. The lowest BCUT2D eigenvalue weighted by Crippen LogP contribution is -2.31. The Kier molecular flexibility index (Phi) is 2.20. The maximum Gasteiger partial charge on any atom is 0.194 e. The van der Waals surface area contributed by atoms with Crippen LogP contribution in [0.2, 0.25) is 0 Å². The predicted octanol–water partition coefficient (Wildman–Crippen LogP) is 3.15. The summed E-state index contributed by atoms with van der Waals surface area (Å²) in [4.78, 5) is 11.8. The van der Waals surface area contributed by atoms with E-state index < -0.39 is 3.78 Å². The summed E-state index contributed by atoms with van der Waals surface area (Å²) >= 11 is 9.26. The van der Waals surface area contributed by atoms with Gasteiger partial charge in [0.15, 0.2) is 9.57 Å². The number of carbonyl (C=O) groups is 1. The number of fused-ring (bicyclic) bond motifs is 1. The summed E-state index contributed by atoms with van der Waals surface area (Å²) in [5, 5.41) is 0. The Bertz CT molecular complexity index is 360. The van der Waals surface area contributed by atoms with Crippen molar-refractivity contribution in [1.29, 1.82) is 0 Å². The molecule has 1 atom stereocenters. The van der Waals surface area contributed by atoms with Gasteiger partial charge in [0.25, 0.3) is 0 Å². The fourth-order valence-electron chi connectivity index (χ4n) is 1.56. The van der Waals surface area contributed by atoms with E-state index >= 15 is 0 Å². The van der Waals surface area contributed by atoms with E-state index in [0.29, 0.717) is 6.42 Å². The van der Waals surface area contributed by atoms with Crippen LogP contribution in [0.15, 0.2) is 24.3 Å². The van der Waals surface area contributed by atoms with Crippen LogP contribution in [0, 0.1) is 0 Å². The van der Waals surface area contributed by atoms with Crippen LogP contribution in [0.1, 0.15) is 22.3 Å². The fourth-order valence-corrected chi connectivity index (χ4v) is 2.17. The van der Waals surface area contributed by atoms with Gasteiger partial charge in [0, 0.05) is 5.56 Å². The maximum atomic E-state index is 11.8. The van der Waals surface area contributed by atoms with E-state index in [9.17, 15) is 4.79 Å². The second kappa shape index (κ2) is 3.10. The monoisotopic (exact) mass is 258 g/mol. The standard InChI is InChI=1S/C10H8BrClO/c11-10(12)6-5-7-3-1-2-4-8(7)9(10)13/h1-4H,5-6H2. The number of hydrogen-bond acceptors (Lipinski definition) is 1. The van der Waals surface area contributed by atoms with Gasteiger partial charge in [-0.15, -0.1) is 0 Å². The van der Waals surface area contributed by atoms with Crippen molar-refractivity contribution in [2.45, 2.75) is 16.6 Å². The number of carbonyl (C=O) groups excluding carboxylic acids is 1. The summed E-state index contributed by atoms with van der Waals surface area (Å²) in [6.07, 6.45) is 1.51. The third-order valence-electron chi connectivity index (χ3n) is 2.30. The van der Waals surface area contributed by atoms with Crippen LogP contribution >= 0.6 is 27.5 Å². The van der Waals surface area contributed by atoms with Crippen molar-refractivity contribution in [3.63, 3.8) is 0 Å². The summed E-state index contributed by atoms with van der Waals surface area (Å²) in [5.41, 5.74) is 1.85. The van der Waals surface area contributed by atoms with Gasteiger partial charge in [0.05, 0.1) is 0 Å². The molecule has 0 aliphatic heterocycles. The summed E-state index contributed by atoms with van der Waals surface area (Å²) < 4.78 is -0.874. The molecule has 2 rings (SSSR count). The Balaban J connectivity index is 2.52. The number of Topliss-reactive ketones (excluding diaryl/α,β-unsaturated/α-hetero) is 1. The van der Waals surface area contributed by atoms with Gasteiger partial charge in [-0.3, -0.25) is 4.79 Å². The average Bonchev–Trinajstić information content (AvgIpc) is 2.13. The van der Waals surface area contributed by atoms with Crippen LogP contribution < -0.4 is 0 Å². The first-order chi connectivity index (χ1) is 6.11. The van der Waals surface area contributed by atoms with E-state index in [0.717, 1.165) is 17.5 Å². The first-order valence-corrected chi connectivity index (χ1v) is 5.29. The lowest BCUT2D eigenvalue weighted by Gasteiger charge is -2.25. The molecule has 1 unspecified atom stereocenters. The molecule has 0 saturated carbocycles. The number of ketones is 1. The van der Waals surface area contributed by atoms with Gasteiger partial charge < -0.3 is 0 Å². The van der Waals surface area contributed by atoms with Gasteiger partial charge in [0.2, 0.25) is 0 Å². The van der Waals surface area contributed by atoms with Gasteiger partial charge >= 0.3 is 0 Å². The van der Waals surface area contributed by atoms with Gasteiger partial charge in [0.1, 0.15) is 0 Å². The Morgan fingerprint density at radius 2 is 2.08 bits per heavy atom. The Hall–Kier alpha value is -0.340. The summed E-state index contributed by atoms with van der Waals surface area (Å²) in [7, 11) is 0. The molecule has 68 valence electrons. The van der Waals surface area contributed by atoms with E-state index in [4.69, 9.17) is 11.6 Å². The molecule has 1 aliphatic carbocycles. The minimum absolute atomic E-state index is 0.0176. The third-order valence-corrected chi connectivity index (χ3v) is 3.42. The van der Waals surface area contributed by atoms with Crippen molar-refractivity contribution in [1.82, 2.24) is 0 Å². The SMILES string of the molecule is O=C1c2ccccc2CCC1(Cl)Br. The molecule has 1 aliphatic rings. The fraction of sp³-hybridized carbons (Fsp3) is 0.300. The molecular formula is C10H8BrClO. The molecule has 0 heterocycles. The van der Waals surface area contributed by atoms with E-state index in [1.54, 1.807) is 0 Å². The molecule has 0 spiro atoms. The smallest absolute Gasteiger partial charge is 0.194 e. The van der Waals surface area contributed by atoms with Crippen LogP contribution in [0.3, 0.4) is 0 Å². The van der Waals surface area contributed by atoms with Crippen LogP contribution in [-0.4, -0.2) is 9.57 Å². The van der Waals surface area contributed by atoms with Crippen molar-refractivity contribution in [3.8, 4) is 0 Å². The van der Waals surface area contributed by atoms with Crippen molar-refractivity contribution in [3.05, 3.63) is 35.4 Å². The molecule has 1 nitrogen and oxygen atoms in total. The van der Waals surface area contributed by atoms with Crippen LogP contribution in [0.5, 0.6) is 0 Å². The van der Waals surface area contributed by atoms with E-state index in [1.165, 1.54) is 0 Å². The molecule has 0 amide bonds. The van der Waals surface area contributed by atoms with Crippen molar-refractivity contribution in [2.24, 2.45) is 0 Å². The zero-order valence-corrected chi connectivity index (χ0v) is 9.23. The number of benzene rings is 1. The summed E-state index contributed by atoms with van der Waals surface area (Å²) in [5.74, 6) is -0.0176. The lowest BCUT2D eigenvalue weighted by molar-refractivity contribution is 0.0967. The molecule has 13 heavy (non-hydrogen) atoms. The maximum absolute atomic E-state index is 11.8. The van der Waals surface area contributed by atoms with Gasteiger partial charge in [-0.05, 0) is 18.4 Å². The summed E-state index contributed by atoms with van der Waals surface area (Å²) in [6.45, 7) is 0. The molecule has 1 aromatic rings. The second-order valence-corrected chi connectivity index (χ2v) is 5.65. The lowest BCUT2D eigenvalue weighted by atomic mass is 9.90. The largest absolute Gasteiger partial charge is 0.291 e. The van der Waals surface area contributed by atoms with Gasteiger partial charge in [-0.1, -0.05) is 51.8 Å². The second-order valence-electron chi connectivity index (χ2n) is 3.19. The van der Waals surface area contributed by atoms with Crippen LogP contribution in [-0.2, 0) is 6.42 Å². The number of halogens is 2. The number of rotatable bonds is 0. The Morgan fingerprint density at radius 1 is 1.38 bits per heavy atom. The Morgan fingerprint density at radius 3 is 2.85 bits per heavy atom. The van der Waals surface area contributed by atoms with Crippen LogP contribution in [0.4, 0.5) is 0 Å². The van der Waals surface area contributed by atoms with Gasteiger partial charge in [-0.2, -0.15) is 0 Å². The van der Waals surface area contributed by atoms with Crippen LogP contribution in [0.25, 0.3) is 0 Å². The molecule has 0 radical (unpaired) electrons. The van der Waals surface area contributed by atoms with Crippen molar-refractivity contribution < 1.29 is 4.79 Å². The van der Waals surface area contributed by atoms with Crippen molar-refractivity contribution >= 4 is 33.3 Å². The molecule has 0 N–H and O–H groups in total. The average molecular weight is 260 g/mol. The van der Waals surface area contributed by atoms with Crippen molar-refractivity contribution in [2.75, 3.05) is 0 Å². The first kappa shape index (κ1) is 9.22. The highest BCUT2D eigenvalue weighted by atomic mass is 79.9. The molecule has 0 fully saturated rings. The minimum atomic E-state index is -0.874. The molecule has 0 aromatic heterocycles. The molecule has 0 saturated heterocycles. The van der Waals surface area contributed by atoms with Gasteiger partial charge in [-0.25, -0.2) is 0 Å². The molecular weight excluding hydrogens is 251 g/mol. The summed E-state index contributed by atoms with van der Waals surface area (Å²) in [6, 6.07) is 7.62. The zero-order chi connectivity index (χ0) is 9.47.